The molecule has 2 rings (SSSR count). The highest BCUT2D eigenvalue weighted by molar-refractivity contribution is 7.22. The van der Waals surface area contributed by atoms with Gasteiger partial charge in [0.15, 0.2) is 0 Å². The lowest BCUT2D eigenvalue weighted by Gasteiger charge is -2.12. The second kappa shape index (κ2) is 6.27. The summed E-state index contributed by atoms with van der Waals surface area (Å²) in [5.41, 5.74) is 0.735. The van der Waals surface area contributed by atoms with Crippen molar-refractivity contribution in [1.29, 1.82) is 0 Å². The number of carbonyl (C=O) groups is 1. The molecule has 19 heavy (non-hydrogen) atoms. The third-order valence-corrected chi connectivity index (χ3v) is 4.98. The zero-order valence-electron chi connectivity index (χ0n) is 10.8. The molecule has 0 aliphatic heterocycles. The Morgan fingerprint density at radius 2 is 2.37 bits per heavy atom. The van der Waals surface area contributed by atoms with Gasteiger partial charge >= 0.3 is 0 Å². The minimum absolute atomic E-state index is 0.0438. The predicted molar refractivity (Wildman–Crippen MR) is 78.8 cm³/mol. The number of nitrogens with one attached hydrogen (secondary N) is 1. The summed E-state index contributed by atoms with van der Waals surface area (Å²) in [5, 5.41) is 14.8. The molecule has 0 saturated carbocycles. The third-order valence-electron chi connectivity index (χ3n) is 2.78. The number of thiazole rings is 1. The van der Waals surface area contributed by atoms with Crippen LogP contribution in [-0.4, -0.2) is 28.6 Å². The van der Waals surface area contributed by atoms with E-state index >= 15 is 0 Å². The second-order valence-corrected chi connectivity index (χ2v) is 6.12. The fourth-order valence-corrected chi connectivity index (χ4v) is 3.41. The molecule has 102 valence electrons. The summed E-state index contributed by atoms with van der Waals surface area (Å²) in [7, 11) is 0. The molecule has 1 unspecified atom stereocenters. The van der Waals surface area contributed by atoms with Gasteiger partial charge in [-0.1, -0.05) is 13.0 Å². The molecule has 6 heteroatoms. The highest BCUT2D eigenvalue weighted by Crippen LogP contribution is 2.30. The van der Waals surface area contributed by atoms with E-state index in [1.165, 1.54) is 11.3 Å². The van der Waals surface area contributed by atoms with Crippen molar-refractivity contribution in [2.24, 2.45) is 0 Å². The van der Waals surface area contributed by atoms with Crippen LogP contribution in [0.15, 0.2) is 17.5 Å². The summed E-state index contributed by atoms with van der Waals surface area (Å²) in [6, 6.07) is 3.77. The number of aliphatic hydroxyl groups excluding tert-OH is 1. The molecule has 0 aromatic carbocycles. The van der Waals surface area contributed by atoms with E-state index in [2.05, 4.69) is 10.3 Å². The van der Waals surface area contributed by atoms with E-state index in [9.17, 15) is 4.79 Å². The molecule has 1 atom stereocenters. The van der Waals surface area contributed by atoms with Gasteiger partial charge in [0.2, 0.25) is 0 Å². The van der Waals surface area contributed by atoms with E-state index in [-0.39, 0.29) is 18.6 Å². The van der Waals surface area contributed by atoms with Gasteiger partial charge in [0.05, 0.1) is 23.2 Å². The Kier molecular flexibility index (Phi) is 4.68. The summed E-state index contributed by atoms with van der Waals surface area (Å²) in [5.74, 6) is -0.154. The lowest BCUT2D eigenvalue weighted by atomic mass is 10.2. The van der Waals surface area contributed by atoms with Crippen molar-refractivity contribution < 1.29 is 9.90 Å². The average Bonchev–Trinajstić information content (AvgIpc) is 3.04. The molecule has 0 saturated heterocycles. The number of rotatable bonds is 5. The van der Waals surface area contributed by atoms with Crippen molar-refractivity contribution in [2.45, 2.75) is 26.3 Å². The molecule has 0 aliphatic rings. The number of amides is 1. The van der Waals surface area contributed by atoms with E-state index in [4.69, 9.17) is 5.11 Å². The van der Waals surface area contributed by atoms with E-state index < -0.39 is 0 Å². The minimum Gasteiger partial charge on any atom is -0.394 e. The van der Waals surface area contributed by atoms with Gasteiger partial charge in [0, 0.05) is 0 Å². The normalized spacial score (nSPS) is 12.4. The van der Waals surface area contributed by atoms with Crippen LogP contribution in [0, 0.1) is 6.92 Å². The topological polar surface area (TPSA) is 62.2 Å². The molecule has 2 aromatic heterocycles. The monoisotopic (exact) mass is 296 g/mol. The molecule has 0 fully saturated rings. The van der Waals surface area contributed by atoms with Crippen LogP contribution < -0.4 is 5.32 Å². The maximum atomic E-state index is 12.1. The van der Waals surface area contributed by atoms with Gasteiger partial charge in [-0.3, -0.25) is 4.79 Å². The lowest BCUT2D eigenvalue weighted by molar-refractivity contribution is 0.0918. The first kappa shape index (κ1) is 14.2. The van der Waals surface area contributed by atoms with Gasteiger partial charge in [0.25, 0.3) is 5.91 Å². The summed E-state index contributed by atoms with van der Waals surface area (Å²) in [6.07, 6.45) is 0.706. The zero-order chi connectivity index (χ0) is 13.8. The standard InChI is InChI=1S/C13H16N2O2S2/c1-3-9(7-16)15-12(17)11-8(2)14-13(19-11)10-5-4-6-18-10/h4-6,9,16H,3,7H2,1-2H3,(H,15,17). The fourth-order valence-electron chi connectivity index (χ4n) is 1.64. The molecule has 2 N–H and O–H groups in total. The van der Waals surface area contributed by atoms with Gasteiger partial charge in [-0.2, -0.15) is 0 Å². The largest absolute Gasteiger partial charge is 0.394 e. The van der Waals surface area contributed by atoms with E-state index in [1.807, 2.05) is 31.4 Å². The smallest absolute Gasteiger partial charge is 0.263 e. The number of aliphatic hydroxyl groups is 1. The molecular formula is C13H16N2O2S2. The third kappa shape index (κ3) is 3.20. The maximum Gasteiger partial charge on any atom is 0.263 e. The molecule has 0 radical (unpaired) electrons. The lowest BCUT2D eigenvalue weighted by Crippen LogP contribution is -2.36. The van der Waals surface area contributed by atoms with Crippen LogP contribution in [0.4, 0.5) is 0 Å². The van der Waals surface area contributed by atoms with Crippen LogP contribution in [0.1, 0.15) is 28.7 Å². The van der Waals surface area contributed by atoms with Crippen LogP contribution in [0.5, 0.6) is 0 Å². The molecule has 0 bridgehead atoms. The highest BCUT2D eigenvalue weighted by Gasteiger charge is 2.18. The number of hydrogen-bond donors (Lipinski definition) is 2. The number of aryl methyl sites for hydroxylation is 1. The Labute approximate surface area is 120 Å². The summed E-state index contributed by atoms with van der Waals surface area (Å²) >= 11 is 3.00. The number of thiophene rings is 1. The van der Waals surface area contributed by atoms with Crippen molar-refractivity contribution >= 4 is 28.6 Å². The molecule has 0 spiro atoms. The fraction of sp³-hybridized carbons (Fsp3) is 0.385. The minimum atomic E-state index is -0.195. The van der Waals surface area contributed by atoms with Crippen molar-refractivity contribution in [1.82, 2.24) is 10.3 Å². The van der Waals surface area contributed by atoms with Gasteiger partial charge in [-0.25, -0.2) is 4.98 Å². The molecule has 4 nitrogen and oxygen atoms in total. The van der Waals surface area contributed by atoms with Gasteiger partial charge < -0.3 is 10.4 Å². The van der Waals surface area contributed by atoms with Crippen LogP contribution in [0.2, 0.25) is 0 Å². The Balaban J connectivity index is 2.19. The summed E-state index contributed by atoms with van der Waals surface area (Å²) in [4.78, 5) is 18.3. The van der Waals surface area contributed by atoms with Crippen molar-refractivity contribution in [3.63, 3.8) is 0 Å². The van der Waals surface area contributed by atoms with E-state index in [0.29, 0.717) is 11.3 Å². The molecule has 0 aliphatic carbocycles. The SMILES string of the molecule is CCC(CO)NC(=O)c1sc(-c2cccs2)nc1C. The first-order valence-corrected chi connectivity index (χ1v) is 7.78. The van der Waals surface area contributed by atoms with Gasteiger partial charge in [-0.15, -0.1) is 22.7 Å². The highest BCUT2D eigenvalue weighted by atomic mass is 32.1. The zero-order valence-corrected chi connectivity index (χ0v) is 12.5. The maximum absolute atomic E-state index is 12.1. The summed E-state index contributed by atoms with van der Waals surface area (Å²) in [6.45, 7) is 3.72. The average molecular weight is 296 g/mol. The number of hydrogen-bond acceptors (Lipinski definition) is 5. The number of aromatic nitrogens is 1. The van der Waals surface area contributed by atoms with Crippen LogP contribution >= 0.6 is 22.7 Å². The van der Waals surface area contributed by atoms with E-state index in [0.717, 1.165) is 15.6 Å². The molecule has 2 heterocycles. The van der Waals surface area contributed by atoms with Crippen molar-refractivity contribution in [3.8, 4) is 9.88 Å². The first-order chi connectivity index (χ1) is 9.15. The summed E-state index contributed by atoms with van der Waals surface area (Å²) < 4.78 is 0. The molecular weight excluding hydrogens is 280 g/mol. The Bertz CT molecular complexity index is 545. The first-order valence-electron chi connectivity index (χ1n) is 6.08. The van der Waals surface area contributed by atoms with Crippen LogP contribution in [0.3, 0.4) is 0 Å². The molecule has 2 aromatic rings. The van der Waals surface area contributed by atoms with Crippen LogP contribution in [0.25, 0.3) is 9.88 Å². The van der Waals surface area contributed by atoms with Crippen LogP contribution in [-0.2, 0) is 0 Å². The van der Waals surface area contributed by atoms with Crippen molar-refractivity contribution in [2.75, 3.05) is 6.61 Å². The van der Waals surface area contributed by atoms with Gasteiger partial charge in [-0.05, 0) is 24.8 Å². The predicted octanol–water partition coefficient (Wildman–Crippen LogP) is 2.68. The number of carbonyl (C=O) groups excluding carboxylic acids is 1. The quantitative estimate of drug-likeness (QED) is 0.891. The van der Waals surface area contributed by atoms with E-state index in [1.54, 1.807) is 11.3 Å². The Morgan fingerprint density at radius 1 is 1.58 bits per heavy atom. The van der Waals surface area contributed by atoms with Gasteiger partial charge in [0.1, 0.15) is 9.88 Å². The Hall–Kier alpha value is -1.24. The van der Waals surface area contributed by atoms with Crippen molar-refractivity contribution in [3.05, 3.63) is 28.1 Å². The second-order valence-electron chi connectivity index (χ2n) is 4.17. The number of nitrogens with zero attached hydrogens (tertiary/aromatic N) is 1. The Morgan fingerprint density at radius 3 is 2.95 bits per heavy atom. The molecule has 1 amide bonds.